The van der Waals surface area contributed by atoms with Crippen LogP contribution < -0.4 is 0 Å². The van der Waals surface area contributed by atoms with Crippen molar-refractivity contribution in [1.82, 2.24) is 0 Å². The van der Waals surface area contributed by atoms with Gasteiger partial charge in [-0.1, -0.05) is 0 Å². The van der Waals surface area contributed by atoms with Gasteiger partial charge in [0.25, 0.3) is 0 Å². The Balaban J connectivity index is 3.08. The van der Waals surface area contributed by atoms with E-state index in [1.165, 1.54) is 13.0 Å². The molecule has 1 rings (SSSR count). The van der Waals surface area contributed by atoms with Gasteiger partial charge in [-0.25, -0.2) is 4.79 Å². The number of aromatic hydroxyl groups is 1. The van der Waals surface area contributed by atoms with Gasteiger partial charge in [0.1, 0.15) is 11.3 Å². The largest absolute Gasteiger partial charge is 0.507 e. The average molecular weight is 280 g/mol. The van der Waals surface area contributed by atoms with Gasteiger partial charge in [0.2, 0.25) is 0 Å². The van der Waals surface area contributed by atoms with Crippen molar-refractivity contribution in [2.75, 3.05) is 13.2 Å². The summed E-state index contributed by atoms with van der Waals surface area (Å²) in [6, 6.07) is 1.53. The van der Waals surface area contributed by atoms with E-state index in [2.05, 4.69) is 0 Å². The lowest BCUT2D eigenvalue weighted by Crippen LogP contribution is -2.12. The Bertz CT molecular complexity index is 519. The van der Waals surface area contributed by atoms with Crippen LogP contribution in [0.5, 0.6) is 5.75 Å². The van der Waals surface area contributed by atoms with Crippen molar-refractivity contribution < 1.29 is 24.2 Å². The lowest BCUT2D eigenvalue weighted by Gasteiger charge is -2.15. The molecule has 0 aromatic heterocycles. The molecule has 1 aromatic rings. The zero-order valence-electron chi connectivity index (χ0n) is 12.3. The normalized spacial score (nSPS) is 10.2. The number of phenols is 1. The second kappa shape index (κ2) is 6.93. The third kappa shape index (κ3) is 3.73. The van der Waals surface area contributed by atoms with Crippen molar-refractivity contribution in [3.05, 3.63) is 28.3 Å². The highest BCUT2D eigenvalue weighted by atomic mass is 16.5. The highest BCUT2D eigenvalue weighted by Crippen LogP contribution is 2.28. The monoisotopic (exact) mass is 280 g/mol. The Morgan fingerprint density at radius 1 is 1.25 bits per heavy atom. The van der Waals surface area contributed by atoms with Gasteiger partial charge in [0, 0.05) is 13.3 Å². The Labute approximate surface area is 118 Å². The molecule has 0 fully saturated rings. The first-order chi connectivity index (χ1) is 9.38. The molecule has 0 radical (unpaired) electrons. The van der Waals surface area contributed by atoms with E-state index in [-0.39, 0.29) is 30.5 Å². The van der Waals surface area contributed by atoms with Crippen LogP contribution in [0.1, 0.15) is 40.9 Å². The van der Waals surface area contributed by atoms with Gasteiger partial charge in [-0.05, 0) is 43.5 Å². The van der Waals surface area contributed by atoms with Crippen molar-refractivity contribution in [2.24, 2.45) is 0 Å². The van der Waals surface area contributed by atoms with Gasteiger partial charge in [-0.15, -0.1) is 0 Å². The van der Waals surface area contributed by atoms with Crippen LogP contribution in [0.3, 0.4) is 0 Å². The Morgan fingerprint density at radius 3 is 2.45 bits per heavy atom. The Morgan fingerprint density at radius 2 is 1.90 bits per heavy atom. The van der Waals surface area contributed by atoms with Crippen molar-refractivity contribution in [3.8, 4) is 5.75 Å². The minimum absolute atomic E-state index is 0.0883. The van der Waals surface area contributed by atoms with E-state index in [1.807, 2.05) is 6.92 Å². The predicted molar refractivity (Wildman–Crippen MR) is 73.9 cm³/mol. The molecule has 110 valence electrons. The van der Waals surface area contributed by atoms with Crippen LogP contribution in [0.15, 0.2) is 6.07 Å². The summed E-state index contributed by atoms with van der Waals surface area (Å²) < 4.78 is 9.86. The highest BCUT2D eigenvalue weighted by Gasteiger charge is 2.19. The number of esters is 2. The second-order valence-corrected chi connectivity index (χ2v) is 4.50. The first-order valence-corrected chi connectivity index (χ1v) is 6.51. The third-order valence-electron chi connectivity index (χ3n) is 3.05. The summed E-state index contributed by atoms with van der Waals surface area (Å²) in [5, 5.41) is 9.92. The molecule has 1 aromatic carbocycles. The van der Waals surface area contributed by atoms with Crippen LogP contribution in [0.4, 0.5) is 0 Å². The summed E-state index contributed by atoms with van der Waals surface area (Å²) in [5.41, 5.74) is 2.57. The third-order valence-corrected chi connectivity index (χ3v) is 3.05. The minimum atomic E-state index is -0.545. The van der Waals surface area contributed by atoms with Crippen LogP contribution in [0.2, 0.25) is 0 Å². The number of carbonyl (C=O) groups is 2. The van der Waals surface area contributed by atoms with Crippen molar-refractivity contribution >= 4 is 11.9 Å². The number of carbonyl (C=O) groups excluding carboxylic acids is 2. The number of ether oxygens (including phenoxy) is 2. The predicted octanol–water partition coefficient (Wildman–Crippen LogP) is 2.29. The molecular formula is C15H20O5. The maximum Gasteiger partial charge on any atom is 0.342 e. The van der Waals surface area contributed by atoms with E-state index in [9.17, 15) is 14.7 Å². The van der Waals surface area contributed by atoms with Crippen LogP contribution in [0, 0.1) is 13.8 Å². The summed E-state index contributed by atoms with van der Waals surface area (Å²) in [6.07, 6.45) is 0.490. The molecule has 0 atom stereocenters. The van der Waals surface area contributed by atoms with Gasteiger partial charge in [0.15, 0.2) is 0 Å². The highest BCUT2D eigenvalue weighted by molar-refractivity contribution is 5.94. The summed E-state index contributed by atoms with van der Waals surface area (Å²) in [4.78, 5) is 22.6. The Kier molecular flexibility index (Phi) is 5.55. The summed E-state index contributed by atoms with van der Waals surface area (Å²) in [5.74, 6) is -0.976. The fourth-order valence-electron chi connectivity index (χ4n) is 2.15. The number of phenolic OH excluding ortho intramolecular Hbond substituents is 1. The van der Waals surface area contributed by atoms with E-state index < -0.39 is 5.97 Å². The van der Waals surface area contributed by atoms with Gasteiger partial charge in [-0.3, -0.25) is 4.79 Å². The van der Waals surface area contributed by atoms with Crippen molar-refractivity contribution in [2.45, 2.75) is 34.1 Å². The van der Waals surface area contributed by atoms with Crippen LogP contribution in [0.25, 0.3) is 0 Å². The lowest BCUT2D eigenvalue weighted by molar-refractivity contribution is -0.140. The van der Waals surface area contributed by atoms with Crippen LogP contribution >= 0.6 is 0 Å². The van der Waals surface area contributed by atoms with E-state index in [0.717, 1.165) is 11.1 Å². The fraction of sp³-hybridized carbons (Fsp3) is 0.467. The van der Waals surface area contributed by atoms with Gasteiger partial charge in [0.05, 0.1) is 13.2 Å². The summed E-state index contributed by atoms with van der Waals surface area (Å²) in [7, 11) is 0. The number of hydrogen-bond donors (Lipinski definition) is 1. The average Bonchev–Trinajstić information content (AvgIpc) is 2.33. The molecular weight excluding hydrogens is 260 g/mol. The molecule has 0 bridgehead atoms. The molecule has 0 aliphatic heterocycles. The van der Waals surface area contributed by atoms with Crippen molar-refractivity contribution in [1.29, 1.82) is 0 Å². The molecule has 0 heterocycles. The quantitative estimate of drug-likeness (QED) is 0.838. The number of hydrogen-bond acceptors (Lipinski definition) is 5. The topological polar surface area (TPSA) is 72.8 Å². The molecule has 0 amide bonds. The molecule has 0 aliphatic rings. The van der Waals surface area contributed by atoms with Crippen LogP contribution in [-0.2, 0) is 20.7 Å². The minimum Gasteiger partial charge on any atom is -0.507 e. The zero-order chi connectivity index (χ0) is 15.3. The fourth-order valence-corrected chi connectivity index (χ4v) is 2.15. The van der Waals surface area contributed by atoms with E-state index in [1.54, 1.807) is 13.8 Å². The first kappa shape index (κ1) is 16.0. The molecule has 0 unspecified atom stereocenters. The molecule has 20 heavy (non-hydrogen) atoms. The summed E-state index contributed by atoms with van der Waals surface area (Å²) in [6.45, 7) is 7.13. The van der Waals surface area contributed by atoms with E-state index in [4.69, 9.17) is 9.47 Å². The SMILES string of the molecule is CCOC(=O)c1c(O)cc(C)c(CCOC(C)=O)c1C. The second-order valence-electron chi connectivity index (χ2n) is 4.50. The lowest BCUT2D eigenvalue weighted by atomic mass is 9.94. The number of aryl methyl sites for hydroxylation is 1. The van der Waals surface area contributed by atoms with Crippen LogP contribution in [-0.4, -0.2) is 30.3 Å². The maximum atomic E-state index is 11.9. The Hall–Kier alpha value is -2.04. The van der Waals surface area contributed by atoms with Gasteiger partial charge >= 0.3 is 11.9 Å². The number of rotatable bonds is 5. The molecule has 0 spiro atoms. The first-order valence-electron chi connectivity index (χ1n) is 6.51. The standard InChI is InChI=1S/C15H20O5/c1-5-19-15(18)14-10(3)12(6-7-20-11(4)16)9(2)8-13(14)17/h8,17H,5-7H2,1-4H3. The molecule has 5 nitrogen and oxygen atoms in total. The smallest absolute Gasteiger partial charge is 0.342 e. The molecule has 5 heteroatoms. The molecule has 0 saturated carbocycles. The van der Waals surface area contributed by atoms with Gasteiger partial charge in [-0.2, -0.15) is 0 Å². The molecule has 1 N–H and O–H groups in total. The van der Waals surface area contributed by atoms with E-state index in [0.29, 0.717) is 12.0 Å². The van der Waals surface area contributed by atoms with Crippen molar-refractivity contribution in [3.63, 3.8) is 0 Å². The number of benzene rings is 1. The maximum absolute atomic E-state index is 11.9. The summed E-state index contributed by atoms with van der Waals surface area (Å²) >= 11 is 0. The molecule has 0 saturated heterocycles. The zero-order valence-corrected chi connectivity index (χ0v) is 12.3. The molecule has 0 aliphatic carbocycles. The van der Waals surface area contributed by atoms with E-state index >= 15 is 0 Å². The van der Waals surface area contributed by atoms with Gasteiger partial charge < -0.3 is 14.6 Å².